The Hall–Kier alpha value is -1.84. The van der Waals surface area contributed by atoms with Gasteiger partial charge in [0.05, 0.1) is 27.8 Å². The van der Waals surface area contributed by atoms with Gasteiger partial charge in [-0.05, 0) is 56.3 Å². The van der Waals surface area contributed by atoms with Crippen LogP contribution in [0.4, 0.5) is 5.69 Å². The van der Waals surface area contributed by atoms with E-state index in [9.17, 15) is 16.8 Å². The van der Waals surface area contributed by atoms with Crippen molar-refractivity contribution in [3.63, 3.8) is 0 Å². The van der Waals surface area contributed by atoms with Gasteiger partial charge in [-0.2, -0.15) is 0 Å². The van der Waals surface area contributed by atoms with Gasteiger partial charge >= 0.3 is 0 Å². The topological polar surface area (TPSA) is 96.7 Å². The molecule has 9 heteroatoms. The van der Waals surface area contributed by atoms with Gasteiger partial charge in [-0.25, -0.2) is 16.8 Å². The summed E-state index contributed by atoms with van der Waals surface area (Å²) in [6.45, 7) is 2.37. The third-order valence-electron chi connectivity index (χ3n) is 4.97. The Morgan fingerprint density at radius 2 is 1.75 bits per heavy atom. The molecule has 1 aromatic heterocycles. The molecule has 2 aromatic rings. The van der Waals surface area contributed by atoms with Crippen LogP contribution in [0.1, 0.15) is 31.1 Å². The van der Waals surface area contributed by atoms with Gasteiger partial charge < -0.3 is 9.73 Å². The normalized spacial score (nSPS) is 17.4. The standard InChI is InChI=1S/C19H26N2O5S2/c1-27(22,23)15-8-9-16(19(13-15)28(2,24)25)20-14-17(18-7-6-12-26-18)21-10-4-3-5-11-21/h6-9,12-13,17,20H,3-5,10-11,14H2,1-2H3/t17-/m1/s1. The summed E-state index contributed by atoms with van der Waals surface area (Å²) < 4.78 is 53.7. The fourth-order valence-corrected chi connectivity index (χ4v) is 5.12. The SMILES string of the molecule is CS(=O)(=O)c1ccc(NC[C@H](c2ccco2)N2CCCCC2)c(S(C)(=O)=O)c1. The highest BCUT2D eigenvalue weighted by Crippen LogP contribution is 2.29. The van der Waals surface area contributed by atoms with Crippen LogP contribution in [0.25, 0.3) is 0 Å². The van der Waals surface area contributed by atoms with E-state index in [1.807, 2.05) is 12.1 Å². The lowest BCUT2D eigenvalue weighted by molar-refractivity contribution is 0.153. The molecule has 1 aliphatic heterocycles. The van der Waals surface area contributed by atoms with Crippen LogP contribution in [-0.4, -0.2) is 53.9 Å². The number of benzene rings is 1. The summed E-state index contributed by atoms with van der Waals surface area (Å²) in [5.41, 5.74) is 0.392. The highest BCUT2D eigenvalue weighted by molar-refractivity contribution is 7.91. The van der Waals surface area contributed by atoms with Crippen molar-refractivity contribution in [2.75, 3.05) is 37.5 Å². The molecule has 1 fully saturated rings. The minimum absolute atomic E-state index is 0.0166. The molecule has 1 aromatic carbocycles. The van der Waals surface area contributed by atoms with E-state index in [4.69, 9.17) is 4.42 Å². The number of nitrogens with one attached hydrogen (secondary N) is 1. The van der Waals surface area contributed by atoms with Gasteiger partial charge in [0.1, 0.15) is 5.76 Å². The Morgan fingerprint density at radius 1 is 1.04 bits per heavy atom. The average Bonchev–Trinajstić information content (AvgIpc) is 3.15. The second-order valence-corrected chi connectivity index (χ2v) is 11.2. The van der Waals surface area contributed by atoms with E-state index in [0.717, 1.165) is 44.2 Å². The molecule has 1 aliphatic rings. The summed E-state index contributed by atoms with van der Waals surface area (Å²) in [5.74, 6) is 0.822. The van der Waals surface area contributed by atoms with E-state index in [2.05, 4.69) is 10.2 Å². The maximum absolute atomic E-state index is 12.2. The number of anilines is 1. The number of furan rings is 1. The van der Waals surface area contributed by atoms with E-state index in [-0.39, 0.29) is 15.8 Å². The fraction of sp³-hybridized carbons (Fsp3) is 0.474. The minimum atomic E-state index is -3.61. The summed E-state index contributed by atoms with van der Waals surface area (Å²) in [5, 5.41) is 3.21. The lowest BCUT2D eigenvalue weighted by Gasteiger charge is -2.33. The predicted molar refractivity (Wildman–Crippen MR) is 108 cm³/mol. The minimum Gasteiger partial charge on any atom is -0.468 e. The number of piperidine rings is 1. The van der Waals surface area contributed by atoms with Crippen LogP contribution in [0.15, 0.2) is 50.8 Å². The first-order valence-corrected chi connectivity index (χ1v) is 13.0. The van der Waals surface area contributed by atoms with E-state index in [1.165, 1.54) is 24.6 Å². The van der Waals surface area contributed by atoms with Gasteiger partial charge in [0.15, 0.2) is 19.7 Å². The predicted octanol–water partition coefficient (Wildman–Crippen LogP) is 2.73. The van der Waals surface area contributed by atoms with Crippen molar-refractivity contribution in [2.24, 2.45) is 0 Å². The molecule has 7 nitrogen and oxygen atoms in total. The van der Waals surface area contributed by atoms with Crippen molar-refractivity contribution in [2.45, 2.75) is 35.1 Å². The summed E-state index contributed by atoms with van der Waals surface area (Å²) in [7, 11) is -7.11. The number of rotatable bonds is 7. The molecular formula is C19H26N2O5S2. The van der Waals surface area contributed by atoms with Gasteiger partial charge in [-0.3, -0.25) is 4.90 Å². The molecule has 0 bridgehead atoms. The highest BCUT2D eigenvalue weighted by atomic mass is 32.2. The van der Waals surface area contributed by atoms with Crippen LogP contribution in [0.2, 0.25) is 0 Å². The highest BCUT2D eigenvalue weighted by Gasteiger charge is 2.25. The molecule has 0 amide bonds. The molecule has 0 spiro atoms. The van der Waals surface area contributed by atoms with Gasteiger partial charge in [-0.15, -0.1) is 0 Å². The van der Waals surface area contributed by atoms with Crippen molar-refractivity contribution in [3.05, 3.63) is 42.4 Å². The first kappa shape index (κ1) is 20.9. The van der Waals surface area contributed by atoms with Crippen LogP contribution in [0.5, 0.6) is 0 Å². The summed E-state index contributed by atoms with van der Waals surface area (Å²) >= 11 is 0. The Labute approximate surface area is 166 Å². The summed E-state index contributed by atoms with van der Waals surface area (Å²) in [6, 6.07) is 7.89. The van der Waals surface area contributed by atoms with Crippen LogP contribution < -0.4 is 5.32 Å². The van der Waals surface area contributed by atoms with Crippen LogP contribution in [-0.2, 0) is 19.7 Å². The molecule has 0 radical (unpaired) electrons. The lowest BCUT2D eigenvalue weighted by atomic mass is 10.1. The zero-order chi connectivity index (χ0) is 20.4. The van der Waals surface area contributed by atoms with E-state index in [0.29, 0.717) is 12.2 Å². The van der Waals surface area contributed by atoms with Crippen molar-refractivity contribution >= 4 is 25.4 Å². The van der Waals surface area contributed by atoms with E-state index in [1.54, 1.807) is 6.26 Å². The zero-order valence-electron chi connectivity index (χ0n) is 16.1. The summed E-state index contributed by atoms with van der Waals surface area (Å²) in [4.78, 5) is 2.30. The molecule has 1 atom stereocenters. The quantitative estimate of drug-likeness (QED) is 0.727. The van der Waals surface area contributed by atoms with E-state index >= 15 is 0 Å². The Kier molecular flexibility index (Phi) is 6.16. The van der Waals surface area contributed by atoms with Crippen LogP contribution in [0, 0.1) is 0 Å². The zero-order valence-corrected chi connectivity index (χ0v) is 17.7. The Balaban J connectivity index is 1.89. The first-order chi connectivity index (χ1) is 13.2. The number of nitrogens with zero attached hydrogens (tertiary/aromatic N) is 1. The molecule has 1 N–H and O–H groups in total. The van der Waals surface area contributed by atoms with Gasteiger partial charge in [0, 0.05) is 19.1 Å². The van der Waals surface area contributed by atoms with E-state index < -0.39 is 19.7 Å². The molecular weight excluding hydrogens is 400 g/mol. The second-order valence-electron chi connectivity index (χ2n) is 7.21. The Morgan fingerprint density at radius 3 is 2.32 bits per heavy atom. The molecule has 2 heterocycles. The van der Waals surface area contributed by atoms with Gasteiger partial charge in [0.25, 0.3) is 0 Å². The van der Waals surface area contributed by atoms with Crippen molar-refractivity contribution < 1.29 is 21.3 Å². The maximum atomic E-state index is 12.2. The lowest BCUT2D eigenvalue weighted by Crippen LogP contribution is -2.37. The first-order valence-electron chi connectivity index (χ1n) is 9.22. The number of hydrogen-bond donors (Lipinski definition) is 1. The largest absolute Gasteiger partial charge is 0.468 e. The van der Waals surface area contributed by atoms with Crippen LogP contribution in [0.3, 0.4) is 0 Å². The maximum Gasteiger partial charge on any atom is 0.177 e. The molecule has 28 heavy (non-hydrogen) atoms. The van der Waals surface area contributed by atoms with Crippen molar-refractivity contribution in [1.29, 1.82) is 0 Å². The van der Waals surface area contributed by atoms with Crippen molar-refractivity contribution in [1.82, 2.24) is 4.90 Å². The smallest absolute Gasteiger partial charge is 0.177 e. The van der Waals surface area contributed by atoms with Gasteiger partial charge in [-0.1, -0.05) is 6.42 Å². The second kappa shape index (κ2) is 8.26. The summed E-state index contributed by atoms with van der Waals surface area (Å²) in [6.07, 6.45) is 7.22. The molecule has 3 rings (SSSR count). The van der Waals surface area contributed by atoms with Gasteiger partial charge in [0.2, 0.25) is 0 Å². The molecule has 1 saturated heterocycles. The third kappa shape index (κ3) is 4.95. The Bertz CT molecular complexity index is 1010. The molecule has 154 valence electrons. The fourth-order valence-electron chi connectivity index (χ4n) is 3.51. The monoisotopic (exact) mass is 426 g/mol. The number of hydrogen-bond acceptors (Lipinski definition) is 7. The third-order valence-corrected chi connectivity index (χ3v) is 7.22. The number of sulfone groups is 2. The molecule has 0 saturated carbocycles. The number of likely N-dealkylation sites (tertiary alicyclic amines) is 1. The molecule has 0 aliphatic carbocycles. The van der Waals surface area contributed by atoms with Crippen LogP contribution >= 0.6 is 0 Å². The molecule has 0 unspecified atom stereocenters. The average molecular weight is 427 g/mol. The van der Waals surface area contributed by atoms with Crippen molar-refractivity contribution in [3.8, 4) is 0 Å².